The van der Waals surface area contributed by atoms with E-state index in [9.17, 15) is 9.90 Å². The van der Waals surface area contributed by atoms with Gasteiger partial charge in [0.25, 0.3) is 0 Å². The van der Waals surface area contributed by atoms with E-state index in [1.807, 2.05) is 0 Å². The van der Waals surface area contributed by atoms with Gasteiger partial charge in [0.2, 0.25) is 12.7 Å². The zero-order valence-corrected chi connectivity index (χ0v) is 15.0. The van der Waals surface area contributed by atoms with Gasteiger partial charge in [-0.05, 0) is 36.9 Å². The summed E-state index contributed by atoms with van der Waals surface area (Å²) in [5.41, 5.74) is 5.85. The summed E-state index contributed by atoms with van der Waals surface area (Å²) >= 11 is 0. The molecule has 0 aromatic heterocycles. The number of nitrogens with one attached hydrogen (secondary N) is 1. The van der Waals surface area contributed by atoms with Crippen molar-refractivity contribution in [1.82, 2.24) is 5.32 Å². The van der Waals surface area contributed by atoms with E-state index in [0.717, 1.165) is 25.7 Å². The molecule has 1 amide bonds. The van der Waals surface area contributed by atoms with Crippen molar-refractivity contribution in [2.24, 2.45) is 11.1 Å². The first-order valence-corrected chi connectivity index (χ1v) is 9.27. The number of aliphatic hydroxyl groups is 1. The Morgan fingerprint density at radius 2 is 2.04 bits per heavy atom. The maximum Gasteiger partial charge on any atom is 0.231 e. The number of fused-ring (bicyclic) bond motifs is 1. The number of hydrogen-bond acceptors (Lipinski definition) is 6. The van der Waals surface area contributed by atoms with Gasteiger partial charge in [-0.3, -0.25) is 4.79 Å². The summed E-state index contributed by atoms with van der Waals surface area (Å²) in [6, 6.07) is 5.25. The number of benzene rings is 1. The highest BCUT2D eigenvalue weighted by molar-refractivity contribution is 5.76. The summed E-state index contributed by atoms with van der Waals surface area (Å²) in [6.07, 6.45) is 5.15. The fourth-order valence-electron chi connectivity index (χ4n) is 3.61. The second kappa shape index (κ2) is 8.60. The van der Waals surface area contributed by atoms with E-state index in [1.165, 1.54) is 6.42 Å². The Hall–Kier alpha value is -1.99. The van der Waals surface area contributed by atoms with Crippen molar-refractivity contribution in [3.05, 3.63) is 18.2 Å². The highest BCUT2D eigenvalue weighted by Gasteiger charge is 2.32. The van der Waals surface area contributed by atoms with E-state index >= 15 is 0 Å². The van der Waals surface area contributed by atoms with Gasteiger partial charge in [-0.2, -0.15) is 0 Å². The Morgan fingerprint density at radius 3 is 2.81 bits per heavy atom. The fourth-order valence-corrected chi connectivity index (χ4v) is 3.61. The van der Waals surface area contributed by atoms with Crippen LogP contribution in [-0.4, -0.2) is 43.6 Å². The van der Waals surface area contributed by atoms with Crippen LogP contribution < -0.4 is 25.3 Å². The van der Waals surface area contributed by atoms with E-state index in [2.05, 4.69) is 5.32 Å². The molecule has 26 heavy (non-hydrogen) atoms. The summed E-state index contributed by atoms with van der Waals surface area (Å²) in [7, 11) is 0. The van der Waals surface area contributed by atoms with Crippen molar-refractivity contribution >= 4 is 5.91 Å². The molecule has 1 heterocycles. The van der Waals surface area contributed by atoms with E-state index in [4.69, 9.17) is 19.9 Å². The van der Waals surface area contributed by atoms with E-state index < -0.39 is 6.10 Å². The lowest BCUT2D eigenvalue weighted by atomic mass is 9.71. The molecule has 1 atom stereocenters. The molecule has 1 aliphatic heterocycles. The largest absolute Gasteiger partial charge is 0.491 e. The smallest absolute Gasteiger partial charge is 0.231 e. The molecule has 4 N–H and O–H groups in total. The molecule has 0 bridgehead atoms. The van der Waals surface area contributed by atoms with Gasteiger partial charge < -0.3 is 30.4 Å². The maximum absolute atomic E-state index is 12.2. The Balaban J connectivity index is 1.39. The average molecular weight is 364 g/mol. The van der Waals surface area contributed by atoms with Crippen LogP contribution in [0.2, 0.25) is 0 Å². The van der Waals surface area contributed by atoms with Crippen LogP contribution in [-0.2, 0) is 4.79 Å². The molecule has 1 unspecified atom stereocenters. The zero-order valence-electron chi connectivity index (χ0n) is 15.0. The van der Waals surface area contributed by atoms with Crippen molar-refractivity contribution in [3.8, 4) is 17.2 Å². The summed E-state index contributed by atoms with van der Waals surface area (Å²) in [5.74, 6) is 1.84. The second-order valence-electron chi connectivity index (χ2n) is 7.23. The molecule has 1 fully saturated rings. The SMILES string of the molecule is NCC1(CC(=O)NCC(O)COc2ccc3c(c2)OCO3)CCCCC1. The minimum Gasteiger partial charge on any atom is -0.491 e. The Labute approximate surface area is 153 Å². The van der Waals surface area contributed by atoms with E-state index in [1.54, 1.807) is 18.2 Å². The van der Waals surface area contributed by atoms with Crippen LogP contribution in [0.4, 0.5) is 0 Å². The molecule has 1 aromatic carbocycles. The second-order valence-corrected chi connectivity index (χ2v) is 7.23. The van der Waals surface area contributed by atoms with Crippen LogP contribution in [0, 0.1) is 5.41 Å². The lowest BCUT2D eigenvalue weighted by molar-refractivity contribution is -0.124. The number of ether oxygens (including phenoxy) is 3. The molecule has 144 valence electrons. The molecule has 0 radical (unpaired) electrons. The fraction of sp³-hybridized carbons (Fsp3) is 0.632. The minimum atomic E-state index is -0.787. The molecule has 0 saturated heterocycles. The van der Waals surface area contributed by atoms with Gasteiger partial charge in [0, 0.05) is 19.0 Å². The number of carbonyl (C=O) groups excluding carboxylic acids is 1. The van der Waals surface area contributed by atoms with Gasteiger partial charge in [-0.1, -0.05) is 19.3 Å². The van der Waals surface area contributed by atoms with Crippen LogP contribution >= 0.6 is 0 Å². The highest BCUT2D eigenvalue weighted by atomic mass is 16.7. The molecule has 0 spiro atoms. The Kier molecular flexibility index (Phi) is 6.21. The highest BCUT2D eigenvalue weighted by Crippen LogP contribution is 2.38. The summed E-state index contributed by atoms with van der Waals surface area (Å²) < 4.78 is 16.1. The van der Waals surface area contributed by atoms with E-state index in [-0.39, 0.29) is 31.3 Å². The van der Waals surface area contributed by atoms with E-state index in [0.29, 0.717) is 30.2 Å². The van der Waals surface area contributed by atoms with Gasteiger partial charge in [0.15, 0.2) is 11.5 Å². The number of rotatable bonds is 8. The molecule has 1 saturated carbocycles. The van der Waals surface area contributed by atoms with Crippen LogP contribution in [0.5, 0.6) is 17.2 Å². The van der Waals surface area contributed by atoms with Crippen molar-refractivity contribution in [1.29, 1.82) is 0 Å². The first-order chi connectivity index (χ1) is 12.6. The van der Waals surface area contributed by atoms with Gasteiger partial charge in [-0.15, -0.1) is 0 Å². The molecule has 3 rings (SSSR count). The number of amides is 1. The molecular formula is C19H28N2O5. The van der Waals surface area contributed by atoms with Crippen LogP contribution in [0.1, 0.15) is 38.5 Å². The first kappa shape index (κ1) is 18.8. The van der Waals surface area contributed by atoms with Gasteiger partial charge in [0.05, 0.1) is 0 Å². The third-order valence-electron chi connectivity index (χ3n) is 5.20. The van der Waals surface area contributed by atoms with Gasteiger partial charge in [0.1, 0.15) is 18.5 Å². The monoisotopic (exact) mass is 364 g/mol. The summed E-state index contributed by atoms with van der Waals surface area (Å²) in [4.78, 5) is 12.2. The molecule has 1 aliphatic carbocycles. The minimum absolute atomic E-state index is 0.0560. The number of hydrogen-bond donors (Lipinski definition) is 3. The number of carbonyl (C=O) groups is 1. The number of nitrogens with two attached hydrogens (primary N) is 1. The number of aliphatic hydroxyl groups excluding tert-OH is 1. The quantitative estimate of drug-likeness (QED) is 0.647. The standard InChI is InChI=1S/C19H28N2O5/c20-12-19(6-2-1-3-7-19)9-18(23)21-10-14(22)11-24-15-4-5-16-17(8-15)26-13-25-16/h4-5,8,14,22H,1-3,6-7,9-13,20H2,(H,21,23). The molecule has 2 aliphatic rings. The van der Waals surface area contributed by atoms with Crippen molar-refractivity contribution in [2.75, 3.05) is 26.5 Å². The van der Waals surface area contributed by atoms with Crippen molar-refractivity contribution < 1.29 is 24.1 Å². The van der Waals surface area contributed by atoms with Crippen LogP contribution in [0.3, 0.4) is 0 Å². The van der Waals surface area contributed by atoms with Crippen molar-refractivity contribution in [3.63, 3.8) is 0 Å². The Bertz CT molecular complexity index is 616. The summed E-state index contributed by atoms with van der Waals surface area (Å²) in [5, 5.41) is 12.9. The predicted molar refractivity (Wildman–Crippen MR) is 96.3 cm³/mol. The average Bonchev–Trinajstić information content (AvgIpc) is 3.13. The maximum atomic E-state index is 12.2. The van der Waals surface area contributed by atoms with Gasteiger partial charge in [-0.25, -0.2) is 0 Å². The van der Waals surface area contributed by atoms with Crippen LogP contribution in [0.25, 0.3) is 0 Å². The zero-order chi connectivity index (χ0) is 18.4. The lowest BCUT2D eigenvalue weighted by Crippen LogP contribution is -2.41. The summed E-state index contributed by atoms with van der Waals surface area (Å²) in [6.45, 7) is 0.986. The predicted octanol–water partition coefficient (Wildman–Crippen LogP) is 1.57. The molecule has 7 nitrogen and oxygen atoms in total. The van der Waals surface area contributed by atoms with Crippen molar-refractivity contribution in [2.45, 2.75) is 44.6 Å². The normalized spacial score (nSPS) is 19.0. The Morgan fingerprint density at radius 1 is 1.27 bits per heavy atom. The molecular weight excluding hydrogens is 336 g/mol. The van der Waals surface area contributed by atoms with Gasteiger partial charge >= 0.3 is 0 Å². The first-order valence-electron chi connectivity index (χ1n) is 9.27. The third-order valence-corrected chi connectivity index (χ3v) is 5.20. The third kappa shape index (κ3) is 4.80. The lowest BCUT2D eigenvalue weighted by Gasteiger charge is -2.35. The molecule has 7 heteroatoms. The topological polar surface area (TPSA) is 103 Å². The van der Waals surface area contributed by atoms with Crippen LogP contribution in [0.15, 0.2) is 18.2 Å². The molecule has 1 aromatic rings.